The number of phosphoric acid groups is 1. The number of nitrogens with two attached hydrogens (primary N) is 1. The van der Waals surface area contributed by atoms with Gasteiger partial charge in [0.05, 0.1) is 37.9 Å². The molecule has 0 aliphatic carbocycles. The number of rotatable bonds is 30. The van der Waals surface area contributed by atoms with Gasteiger partial charge in [-0.1, -0.05) is 115 Å². The van der Waals surface area contributed by atoms with Crippen LogP contribution in [0.15, 0.2) is 24.3 Å². The lowest BCUT2D eigenvalue weighted by molar-refractivity contribution is -0.124. The first-order valence-corrected chi connectivity index (χ1v) is 18.0. The summed E-state index contributed by atoms with van der Waals surface area (Å²) in [6, 6.07) is -0.981. The number of nitrogens with one attached hydrogen (secondary N) is 1. The molecule has 0 aliphatic rings. The van der Waals surface area contributed by atoms with Gasteiger partial charge >= 0.3 is 7.82 Å². The van der Waals surface area contributed by atoms with E-state index in [4.69, 9.17) is 14.8 Å². The van der Waals surface area contributed by atoms with E-state index in [-0.39, 0.29) is 19.6 Å². The van der Waals surface area contributed by atoms with Gasteiger partial charge in [0.1, 0.15) is 0 Å². The summed E-state index contributed by atoms with van der Waals surface area (Å²) in [5.74, 6) is -0.461. The van der Waals surface area contributed by atoms with Crippen LogP contribution in [0.5, 0.6) is 0 Å². The fourth-order valence-electron chi connectivity index (χ4n) is 4.51. The quantitative estimate of drug-likeness (QED) is 0.0333. The van der Waals surface area contributed by atoms with Gasteiger partial charge in [-0.15, -0.1) is 0 Å². The second-order valence-corrected chi connectivity index (χ2v) is 12.7. The zero-order chi connectivity index (χ0) is 31.3. The number of hydrogen-bond donors (Lipinski definition) is 5. The normalized spacial score (nSPS) is 15.7. The molecule has 10 heteroatoms. The largest absolute Gasteiger partial charge is 0.472 e. The van der Waals surface area contributed by atoms with Crippen LogP contribution in [-0.2, 0) is 18.4 Å². The van der Waals surface area contributed by atoms with Gasteiger partial charge in [0, 0.05) is 6.54 Å². The van der Waals surface area contributed by atoms with Crippen molar-refractivity contribution in [3.8, 4) is 0 Å². The number of hydrogen-bond acceptors (Lipinski definition) is 7. The average molecular weight is 619 g/mol. The highest BCUT2D eigenvalue weighted by Gasteiger charge is 2.27. The maximum Gasteiger partial charge on any atom is 0.472 e. The van der Waals surface area contributed by atoms with Crippen molar-refractivity contribution in [3.05, 3.63) is 24.3 Å². The summed E-state index contributed by atoms with van der Waals surface area (Å²) in [6.45, 7) is 3.85. The molecule has 0 saturated heterocycles. The summed E-state index contributed by atoms with van der Waals surface area (Å²) in [5.41, 5.74) is 5.32. The third-order valence-corrected chi connectivity index (χ3v) is 8.06. The Morgan fingerprint density at radius 1 is 0.810 bits per heavy atom. The molecule has 0 aromatic rings. The number of allylic oxidation sites excluding steroid dienone is 3. The molecule has 0 fully saturated rings. The van der Waals surface area contributed by atoms with E-state index in [1.165, 1.54) is 57.8 Å². The highest BCUT2D eigenvalue weighted by Crippen LogP contribution is 2.43. The third-order valence-electron chi connectivity index (χ3n) is 7.08. The Bertz CT molecular complexity index is 736. The van der Waals surface area contributed by atoms with E-state index in [0.717, 1.165) is 51.4 Å². The summed E-state index contributed by atoms with van der Waals surface area (Å²) in [4.78, 5) is 22.5. The van der Waals surface area contributed by atoms with E-state index >= 15 is 0 Å². The number of carbonyl (C=O) groups is 1. The monoisotopic (exact) mass is 618 g/mol. The SMILES string of the molecule is CCCC/C=C\CCCCCC(O)CC(=O)NC(COP(=O)(O)OCCN)C(O)/C=C/CCCCCCCCCCC. The van der Waals surface area contributed by atoms with E-state index in [1.54, 1.807) is 6.08 Å². The van der Waals surface area contributed by atoms with Crippen LogP contribution in [0.4, 0.5) is 0 Å². The molecule has 0 aromatic heterocycles. The van der Waals surface area contributed by atoms with Gasteiger partial charge in [0.15, 0.2) is 0 Å². The van der Waals surface area contributed by atoms with Gasteiger partial charge in [-0.05, 0) is 38.5 Å². The zero-order valence-corrected chi connectivity index (χ0v) is 27.5. The van der Waals surface area contributed by atoms with Crippen LogP contribution < -0.4 is 11.1 Å². The lowest BCUT2D eigenvalue weighted by Gasteiger charge is -2.24. The summed E-state index contributed by atoms with van der Waals surface area (Å²) in [6.07, 6.45) is 25.6. The molecule has 6 N–H and O–H groups in total. The topological polar surface area (TPSA) is 151 Å². The molecule has 4 atom stereocenters. The second-order valence-electron chi connectivity index (χ2n) is 11.2. The molecule has 0 heterocycles. The lowest BCUT2D eigenvalue weighted by Crippen LogP contribution is -2.46. The van der Waals surface area contributed by atoms with E-state index < -0.39 is 38.6 Å². The Morgan fingerprint density at radius 2 is 1.36 bits per heavy atom. The number of aliphatic hydroxyl groups excluding tert-OH is 2. The molecule has 0 rings (SSSR count). The van der Waals surface area contributed by atoms with Gasteiger partial charge < -0.3 is 26.2 Å². The number of carbonyl (C=O) groups excluding carboxylic acids is 1. The van der Waals surface area contributed by atoms with Gasteiger partial charge in [0.25, 0.3) is 0 Å². The van der Waals surface area contributed by atoms with Crippen LogP contribution in [0.25, 0.3) is 0 Å². The van der Waals surface area contributed by atoms with Crippen molar-refractivity contribution >= 4 is 13.7 Å². The molecule has 0 bridgehead atoms. The maximum absolute atomic E-state index is 12.6. The first-order chi connectivity index (χ1) is 20.3. The summed E-state index contributed by atoms with van der Waals surface area (Å²) < 4.78 is 21.9. The minimum atomic E-state index is -4.38. The van der Waals surface area contributed by atoms with Crippen LogP contribution >= 0.6 is 7.82 Å². The zero-order valence-electron chi connectivity index (χ0n) is 26.6. The standard InChI is InChI=1S/C32H63N2O7P/c1-3-5-7-9-11-13-14-16-18-20-22-24-31(36)30(28-41-42(38,39)40-26-25-33)34-32(37)27-29(35)23-21-19-17-15-12-10-8-6-4-2/h10,12,22,24,29-31,35-36H,3-9,11,13-21,23,25-28,33H2,1-2H3,(H,34,37)(H,38,39)/b12-10-,24-22+. The molecule has 4 unspecified atom stereocenters. The van der Waals surface area contributed by atoms with E-state index in [0.29, 0.717) is 6.42 Å². The van der Waals surface area contributed by atoms with Gasteiger partial charge in [-0.25, -0.2) is 4.57 Å². The van der Waals surface area contributed by atoms with E-state index in [9.17, 15) is 24.5 Å². The van der Waals surface area contributed by atoms with Crippen molar-refractivity contribution in [2.24, 2.45) is 5.73 Å². The first-order valence-electron chi connectivity index (χ1n) is 16.5. The molecule has 42 heavy (non-hydrogen) atoms. The minimum absolute atomic E-state index is 0.0475. The molecular formula is C32H63N2O7P. The van der Waals surface area contributed by atoms with Gasteiger partial charge in [0.2, 0.25) is 5.91 Å². The molecule has 1 amide bonds. The van der Waals surface area contributed by atoms with Gasteiger partial charge in [-0.3, -0.25) is 13.8 Å². The Balaban J connectivity index is 4.59. The summed E-state index contributed by atoms with van der Waals surface area (Å²) in [5, 5.41) is 23.7. The number of unbranched alkanes of at least 4 members (excludes halogenated alkanes) is 14. The van der Waals surface area contributed by atoms with Crippen LogP contribution in [-0.4, -0.2) is 59.0 Å². The van der Waals surface area contributed by atoms with E-state index in [1.807, 2.05) is 6.08 Å². The molecule has 0 saturated carbocycles. The number of aliphatic hydroxyl groups is 2. The minimum Gasteiger partial charge on any atom is -0.393 e. The van der Waals surface area contributed by atoms with Crippen molar-refractivity contribution in [3.63, 3.8) is 0 Å². The first kappa shape index (κ1) is 40.9. The summed E-state index contributed by atoms with van der Waals surface area (Å²) in [7, 11) is -4.38. The molecule has 0 radical (unpaired) electrons. The van der Waals surface area contributed by atoms with Crippen LogP contribution in [0.3, 0.4) is 0 Å². The Labute approximate surface area is 256 Å². The maximum atomic E-state index is 12.6. The molecule has 0 spiro atoms. The summed E-state index contributed by atoms with van der Waals surface area (Å²) >= 11 is 0. The average Bonchev–Trinajstić information content (AvgIpc) is 2.96. The van der Waals surface area contributed by atoms with Crippen LogP contribution in [0.1, 0.15) is 136 Å². The predicted molar refractivity (Wildman–Crippen MR) is 172 cm³/mol. The van der Waals surface area contributed by atoms with Crippen LogP contribution in [0.2, 0.25) is 0 Å². The number of amides is 1. The smallest absolute Gasteiger partial charge is 0.393 e. The van der Waals surface area contributed by atoms with Crippen molar-refractivity contribution in [2.75, 3.05) is 19.8 Å². The lowest BCUT2D eigenvalue weighted by atomic mass is 10.0. The Kier molecular flexibility index (Phi) is 28.0. The molecular weight excluding hydrogens is 555 g/mol. The molecule has 0 aromatic carbocycles. The number of phosphoric ester groups is 1. The molecule has 9 nitrogen and oxygen atoms in total. The van der Waals surface area contributed by atoms with Gasteiger partial charge in [-0.2, -0.15) is 0 Å². The van der Waals surface area contributed by atoms with Crippen LogP contribution in [0, 0.1) is 0 Å². The highest BCUT2D eigenvalue weighted by atomic mass is 31.2. The molecule has 0 aliphatic heterocycles. The predicted octanol–water partition coefficient (Wildman–Crippen LogP) is 6.85. The Morgan fingerprint density at radius 3 is 1.98 bits per heavy atom. The van der Waals surface area contributed by atoms with Crippen molar-refractivity contribution < 1.29 is 33.5 Å². The van der Waals surface area contributed by atoms with Crippen molar-refractivity contribution in [1.29, 1.82) is 0 Å². The fourth-order valence-corrected chi connectivity index (χ4v) is 5.27. The van der Waals surface area contributed by atoms with Crippen molar-refractivity contribution in [1.82, 2.24) is 5.32 Å². The molecule has 248 valence electrons. The van der Waals surface area contributed by atoms with E-state index in [2.05, 4.69) is 31.3 Å². The fraction of sp³-hybridized carbons (Fsp3) is 0.844. The third kappa shape index (κ3) is 26.6. The Hall–Kier alpha value is -1.06. The second kappa shape index (κ2) is 28.7. The van der Waals surface area contributed by atoms with Crippen molar-refractivity contribution in [2.45, 2.75) is 154 Å². The highest BCUT2D eigenvalue weighted by molar-refractivity contribution is 7.47.